The monoisotopic (exact) mass is 268 g/mol. The fourth-order valence-corrected chi connectivity index (χ4v) is 2.72. The maximum Gasteiger partial charge on any atom is 0.338 e. The number of fused-ring (bicyclic) bond motifs is 1. The predicted molar refractivity (Wildman–Crippen MR) is 77.3 cm³/mol. The van der Waals surface area contributed by atoms with Crippen molar-refractivity contribution in [1.82, 2.24) is 4.98 Å². The lowest BCUT2D eigenvalue weighted by Gasteiger charge is -2.32. The Labute approximate surface area is 118 Å². The van der Waals surface area contributed by atoms with Crippen molar-refractivity contribution in [3.05, 3.63) is 53.9 Å². The van der Waals surface area contributed by atoms with Crippen LogP contribution >= 0.6 is 0 Å². The van der Waals surface area contributed by atoms with Gasteiger partial charge in [0.05, 0.1) is 12.7 Å². The van der Waals surface area contributed by atoms with Gasteiger partial charge in [-0.3, -0.25) is 4.98 Å². The van der Waals surface area contributed by atoms with E-state index in [0.29, 0.717) is 5.56 Å². The molecule has 0 fully saturated rings. The lowest BCUT2D eigenvalue weighted by atomic mass is 9.96. The van der Waals surface area contributed by atoms with Crippen LogP contribution in [0, 0.1) is 0 Å². The number of esters is 1. The highest BCUT2D eigenvalue weighted by atomic mass is 16.5. The molecule has 102 valence electrons. The second kappa shape index (κ2) is 5.33. The first kappa shape index (κ1) is 12.7. The van der Waals surface area contributed by atoms with Crippen molar-refractivity contribution in [2.24, 2.45) is 0 Å². The highest BCUT2D eigenvalue weighted by Gasteiger charge is 2.23. The third-order valence-corrected chi connectivity index (χ3v) is 3.63. The third-order valence-electron chi connectivity index (χ3n) is 3.63. The Bertz CT molecular complexity index is 626. The SMILES string of the molecule is COC(=O)c1cccc2c1CCCN2c1ccncc1. The van der Waals surface area contributed by atoms with Gasteiger partial charge in [0.15, 0.2) is 0 Å². The second-order valence-corrected chi connectivity index (χ2v) is 4.76. The van der Waals surface area contributed by atoms with Crippen molar-refractivity contribution in [3.63, 3.8) is 0 Å². The molecule has 0 atom stereocenters. The van der Waals surface area contributed by atoms with Crippen LogP contribution < -0.4 is 4.90 Å². The van der Waals surface area contributed by atoms with Crippen LogP contribution in [0.5, 0.6) is 0 Å². The smallest absolute Gasteiger partial charge is 0.338 e. The molecule has 20 heavy (non-hydrogen) atoms. The van der Waals surface area contributed by atoms with E-state index in [1.165, 1.54) is 7.11 Å². The molecule has 1 aliphatic rings. The number of anilines is 2. The van der Waals surface area contributed by atoms with E-state index in [1.54, 1.807) is 12.4 Å². The van der Waals surface area contributed by atoms with Crippen molar-refractivity contribution in [2.45, 2.75) is 12.8 Å². The quantitative estimate of drug-likeness (QED) is 0.785. The fraction of sp³-hybridized carbons (Fsp3) is 0.250. The standard InChI is InChI=1S/C16H16N2O2/c1-20-16(19)14-4-2-6-15-13(14)5-3-11-18(15)12-7-9-17-10-8-12/h2,4,6-10H,3,5,11H2,1H3. The minimum atomic E-state index is -0.265. The zero-order chi connectivity index (χ0) is 13.9. The van der Waals surface area contributed by atoms with Gasteiger partial charge in [-0.1, -0.05) is 6.07 Å². The van der Waals surface area contributed by atoms with E-state index in [2.05, 4.69) is 16.0 Å². The topological polar surface area (TPSA) is 42.4 Å². The number of hydrogen-bond acceptors (Lipinski definition) is 4. The second-order valence-electron chi connectivity index (χ2n) is 4.76. The number of hydrogen-bond donors (Lipinski definition) is 0. The van der Waals surface area contributed by atoms with Gasteiger partial charge in [-0.25, -0.2) is 4.79 Å². The molecule has 0 bridgehead atoms. The van der Waals surface area contributed by atoms with Gasteiger partial charge in [0.25, 0.3) is 0 Å². The number of nitrogens with zero attached hydrogens (tertiary/aromatic N) is 2. The molecule has 1 aliphatic heterocycles. The van der Waals surface area contributed by atoms with Gasteiger partial charge in [0.1, 0.15) is 0 Å². The Balaban J connectivity index is 2.08. The number of methoxy groups -OCH3 is 1. The van der Waals surface area contributed by atoms with Crippen molar-refractivity contribution < 1.29 is 9.53 Å². The van der Waals surface area contributed by atoms with Gasteiger partial charge in [0, 0.05) is 30.3 Å². The van der Waals surface area contributed by atoms with E-state index in [9.17, 15) is 4.79 Å². The summed E-state index contributed by atoms with van der Waals surface area (Å²) in [4.78, 5) is 18.2. The van der Waals surface area contributed by atoms with E-state index in [-0.39, 0.29) is 5.97 Å². The Kier molecular flexibility index (Phi) is 3.37. The van der Waals surface area contributed by atoms with Crippen molar-refractivity contribution >= 4 is 17.3 Å². The van der Waals surface area contributed by atoms with Gasteiger partial charge in [-0.2, -0.15) is 0 Å². The molecule has 0 saturated carbocycles. The fourth-order valence-electron chi connectivity index (χ4n) is 2.72. The number of benzene rings is 1. The molecule has 0 aliphatic carbocycles. The summed E-state index contributed by atoms with van der Waals surface area (Å²) in [7, 11) is 1.42. The first-order valence-electron chi connectivity index (χ1n) is 6.69. The molecule has 2 heterocycles. The molecule has 0 radical (unpaired) electrons. The summed E-state index contributed by atoms with van der Waals surface area (Å²) in [6, 6.07) is 9.77. The Hall–Kier alpha value is -2.36. The summed E-state index contributed by atoms with van der Waals surface area (Å²) < 4.78 is 4.88. The number of pyridine rings is 1. The molecule has 4 nitrogen and oxygen atoms in total. The maximum absolute atomic E-state index is 11.9. The van der Waals surface area contributed by atoms with Crippen LogP contribution in [0.15, 0.2) is 42.7 Å². The van der Waals surface area contributed by atoms with Crippen LogP contribution in [0.25, 0.3) is 0 Å². The van der Waals surface area contributed by atoms with Crippen LogP contribution in [-0.4, -0.2) is 24.6 Å². The molecule has 0 saturated heterocycles. The minimum absolute atomic E-state index is 0.265. The maximum atomic E-state index is 11.9. The largest absolute Gasteiger partial charge is 0.465 e. The normalized spacial score (nSPS) is 13.8. The summed E-state index contributed by atoms with van der Waals surface area (Å²) in [6.45, 7) is 0.946. The van der Waals surface area contributed by atoms with E-state index in [0.717, 1.165) is 36.3 Å². The molecular formula is C16H16N2O2. The zero-order valence-electron chi connectivity index (χ0n) is 11.4. The molecule has 0 amide bonds. The van der Waals surface area contributed by atoms with E-state index in [4.69, 9.17) is 4.74 Å². The van der Waals surface area contributed by atoms with Gasteiger partial charge >= 0.3 is 5.97 Å². The summed E-state index contributed by atoms with van der Waals surface area (Å²) in [5, 5.41) is 0. The van der Waals surface area contributed by atoms with Crippen LogP contribution in [0.2, 0.25) is 0 Å². The number of ether oxygens (including phenoxy) is 1. The molecule has 0 spiro atoms. The number of carbonyl (C=O) groups excluding carboxylic acids is 1. The van der Waals surface area contributed by atoms with Gasteiger partial charge in [0.2, 0.25) is 0 Å². The van der Waals surface area contributed by atoms with Gasteiger partial charge in [-0.15, -0.1) is 0 Å². The average molecular weight is 268 g/mol. The summed E-state index contributed by atoms with van der Waals surface area (Å²) in [5.41, 5.74) is 3.93. The van der Waals surface area contributed by atoms with Gasteiger partial charge in [-0.05, 0) is 42.7 Å². The number of carbonyl (C=O) groups is 1. The first-order chi connectivity index (χ1) is 9.81. The molecule has 0 unspecified atom stereocenters. The van der Waals surface area contributed by atoms with Crippen molar-refractivity contribution in [2.75, 3.05) is 18.6 Å². The Morgan fingerprint density at radius 1 is 1.25 bits per heavy atom. The predicted octanol–water partition coefficient (Wildman–Crippen LogP) is 2.95. The highest BCUT2D eigenvalue weighted by Crippen LogP contribution is 2.35. The average Bonchev–Trinajstić information content (AvgIpc) is 2.54. The molecular weight excluding hydrogens is 252 g/mol. The number of aromatic nitrogens is 1. The lowest BCUT2D eigenvalue weighted by Crippen LogP contribution is -2.26. The van der Waals surface area contributed by atoms with Gasteiger partial charge < -0.3 is 9.64 Å². The lowest BCUT2D eigenvalue weighted by molar-refractivity contribution is 0.0599. The molecule has 4 heteroatoms. The third kappa shape index (κ3) is 2.13. The highest BCUT2D eigenvalue weighted by molar-refractivity contribution is 5.93. The van der Waals surface area contributed by atoms with E-state index < -0.39 is 0 Å². The summed E-state index contributed by atoms with van der Waals surface area (Å²) >= 11 is 0. The summed E-state index contributed by atoms with van der Waals surface area (Å²) in [6.07, 6.45) is 5.49. The molecule has 2 aromatic rings. The van der Waals surface area contributed by atoms with Crippen molar-refractivity contribution in [3.8, 4) is 0 Å². The first-order valence-corrected chi connectivity index (χ1v) is 6.69. The van der Waals surface area contributed by atoms with Crippen LogP contribution in [-0.2, 0) is 11.2 Å². The van der Waals surface area contributed by atoms with Crippen LogP contribution in [0.3, 0.4) is 0 Å². The van der Waals surface area contributed by atoms with E-state index >= 15 is 0 Å². The zero-order valence-corrected chi connectivity index (χ0v) is 11.4. The molecule has 1 aromatic heterocycles. The molecule has 3 rings (SSSR count). The van der Waals surface area contributed by atoms with Crippen LogP contribution in [0.4, 0.5) is 11.4 Å². The molecule has 1 aromatic carbocycles. The van der Waals surface area contributed by atoms with Crippen molar-refractivity contribution in [1.29, 1.82) is 0 Å². The Morgan fingerprint density at radius 2 is 2.05 bits per heavy atom. The van der Waals surface area contributed by atoms with E-state index in [1.807, 2.05) is 24.3 Å². The Morgan fingerprint density at radius 3 is 2.80 bits per heavy atom. The number of rotatable bonds is 2. The minimum Gasteiger partial charge on any atom is -0.465 e. The summed E-state index contributed by atoms with van der Waals surface area (Å²) in [5.74, 6) is -0.265. The molecule has 0 N–H and O–H groups in total. The van der Waals surface area contributed by atoms with Crippen LogP contribution in [0.1, 0.15) is 22.3 Å².